The van der Waals surface area contributed by atoms with Gasteiger partial charge in [0, 0.05) is 12.1 Å². The summed E-state index contributed by atoms with van der Waals surface area (Å²) in [6.45, 7) is 4.06. The first-order chi connectivity index (χ1) is 9.01. The second-order valence-corrected chi connectivity index (χ2v) is 4.46. The Kier molecular flexibility index (Phi) is 5.69. The number of nitrogen functional groups attached to an aromatic ring is 1. The lowest BCUT2D eigenvalue weighted by atomic mass is 9.99. The molecule has 0 amide bonds. The van der Waals surface area contributed by atoms with E-state index in [2.05, 4.69) is 10.3 Å². The van der Waals surface area contributed by atoms with Gasteiger partial charge in [0.1, 0.15) is 11.9 Å². The van der Waals surface area contributed by atoms with Crippen LogP contribution < -0.4 is 11.1 Å². The van der Waals surface area contributed by atoms with Gasteiger partial charge in [-0.3, -0.25) is 15.1 Å². The average Bonchev–Trinajstić information content (AvgIpc) is 2.40. The molecular formula is C13H20FN3O2. The lowest BCUT2D eigenvalue weighted by Crippen LogP contribution is -2.42. The van der Waals surface area contributed by atoms with Gasteiger partial charge in [0.25, 0.3) is 0 Å². The van der Waals surface area contributed by atoms with Crippen molar-refractivity contribution in [3.05, 3.63) is 23.8 Å². The third-order valence-electron chi connectivity index (χ3n) is 3.21. The minimum absolute atomic E-state index is 0.0820. The molecule has 19 heavy (non-hydrogen) atoms. The summed E-state index contributed by atoms with van der Waals surface area (Å²) in [6.07, 6.45) is 3.29. The molecule has 0 spiro atoms. The Balaban J connectivity index is 2.79. The Hall–Kier alpha value is -1.69. The van der Waals surface area contributed by atoms with E-state index < -0.39 is 11.9 Å². The molecule has 1 aromatic rings. The predicted octanol–water partition coefficient (Wildman–Crippen LogP) is 1.48. The van der Waals surface area contributed by atoms with E-state index in [1.165, 1.54) is 13.3 Å². The summed E-state index contributed by atoms with van der Waals surface area (Å²) in [5.41, 5.74) is 6.24. The van der Waals surface area contributed by atoms with Crippen LogP contribution in [0.15, 0.2) is 12.4 Å². The molecule has 1 heterocycles. The zero-order valence-corrected chi connectivity index (χ0v) is 11.4. The van der Waals surface area contributed by atoms with Crippen LogP contribution in [0.3, 0.4) is 0 Å². The molecule has 2 unspecified atom stereocenters. The fraction of sp³-hybridized carbons (Fsp3) is 0.538. The van der Waals surface area contributed by atoms with Gasteiger partial charge in [-0.05, 0) is 5.92 Å². The molecule has 5 nitrogen and oxygen atoms in total. The topological polar surface area (TPSA) is 77.2 Å². The van der Waals surface area contributed by atoms with Crippen LogP contribution in [0.5, 0.6) is 0 Å². The number of nitrogens with zero attached hydrogens (tertiary/aromatic N) is 1. The van der Waals surface area contributed by atoms with Crippen molar-refractivity contribution in [3.63, 3.8) is 0 Å². The van der Waals surface area contributed by atoms with E-state index in [0.717, 1.165) is 12.6 Å². The minimum Gasteiger partial charge on any atom is -0.468 e. The summed E-state index contributed by atoms with van der Waals surface area (Å²) in [6, 6.07) is -0.484. The Morgan fingerprint density at radius 2 is 2.26 bits per heavy atom. The highest BCUT2D eigenvalue weighted by atomic mass is 19.1. The largest absolute Gasteiger partial charge is 0.468 e. The first-order valence-corrected chi connectivity index (χ1v) is 6.20. The second-order valence-electron chi connectivity index (χ2n) is 4.46. The zero-order valence-electron chi connectivity index (χ0n) is 11.4. The first kappa shape index (κ1) is 15.4. The van der Waals surface area contributed by atoms with Crippen molar-refractivity contribution in [1.29, 1.82) is 0 Å². The Labute approximate surface area is 112 Å². The standard InChI is InChI=1S/C13H20FN3O2/c1-4-8(2)12(13(18)19-3)17-5-9-10(14)6-16-7-11(9)15/h6-8,12,17H,4-5,15H2,1-3H3. The smallest absolute Gasteiger partial charge is 0.323 e. The third-order valence-corrected chi connectivity index (χ3v) is 3.21. The van der Waals surface area contributed by atoms with Gasteiger partial charge >= 0.3 is 5.97 Å². The fourth-order valence-electron chi connectivity index (χ4n) is 1.75. The number of methoxy groups -OCH3 is 1. The predicted molar refractivity (Wildman–Crippen MR) is 70.7 cm³/mol. The number of aromatic nitrogens is 1. The SMILES string of the molecule is CCC(C)C(NCc1c(N)cncc1F)C(=O)OC. The number of ether oxygens (including phenoxy) is 1. The average molecular weight is 269 g/mol. The lowest BCUT2D eigenvalue weighted by molar-refractivity contribution is -0.144. The molecule has 0 bridgehead atoms. The van der Waals surface area contributed by atoms with Gasteiger partial charge in [-0.2, -0.15) is 0 Å². The van der Waals surface area contributed by atoms with Crippen LogP contribution >= 0.6 is 0 Å². The van der Waals surface area contributed by atoms with Crippen molar-refractivity contribution in [2.24, 2.45) is 5.92 Å². The van der Waals surface area contributed by atoms with Gasteiger partial charge in [-0.15, -0.1) is 0 Å². The summed E-state index contributed by atoms with van der Waals surface area (Å²) < 4.78 is 18.3. The van der Waals surface area contributed by atoms with Crippen LogP contribution in [-0.4, -0.2) is 24.1 Å². The fourth-order valence-corrected chi connectivity index (χ4v) is 1.75. The molecule has 0 saturated carbocycles. The zero-order chi connectivity index (χ0) is 14.4. The highest BCUT2D eigenvalue weighted by molar-refractivity contribution is 5.76. The molecular weight excluding hydrogens is 249 g/mol. The first-order valence-electron chi connectivity index (χ1n) is 6.20. The van der Waals surface area contributed by atoms with Crippen molar-refractivity contribution in [3.8, 4) is 0 Å². The molecule has 1 rings (SSSR count). The van der Waals surface area contributed by atoms with Gasteiger partial charge in [-0.25, -0.2) is 4.39 Å². The Morgan fingerprint density at radius 1 is 1.58 bits per heavy atom. The normalized spacial score (nSPS) is 13.9. The number of carbonyl (C=O) groups excluding carboxylic acids is 1. The van der Waals surface area contributed by atoms with Crippen molar-refractivity contribution in [2.45, 2.75) is 32.9 Å². The van der Waals surface area contributed by atoms with Crippen LogP contribution in [0, 0.1) is 11.7 Å². The van der Waals surface area contributed by atoms with E-state index >= 15 is 0 Å². The van der Waals surface area contributed by atoms with E-state index in [-0.39, 0.29) is 24.1 Å². The number of hydrogen-bond donors (Lipinski definition) is 2. The van der Waals surface area contributed by atoms with E-state index in [1.807, 2.05) is 13.8 Å². The maximum atomic E-state index is 13.6. The molecule has 3 N–H and O–H groups in total. The summed E-state index contributed by atoms with van der Waals surface area (Å²) in [5.74, 6) is -0.763. The highest BCUT2D eigenvalue weighted by Gasteiger charge is 2.24. The number of hydrogen-bond acceptors (Lipinski definition) is 5. The van der Waals surface area contributed by atoms with E-state index in [1.54, 1.807) is 0 Å². The van der Waals surface area contributed by atoms with E-state index in [0.29, 0.717) is 5.56 Å². The quantitative estimate of drug-likeness (QED) is 0.765. The molecule has 0 aliphatic carbocycles. The summed E-state index contributed by atoms with van der Waals surface area (Å²) >= 11 is 0. The van der Waals surface area contributed by atoms with Crippen LogP contribution in [0.25, 0.3) is 0 Å². The molecule has 6 heteroatoms. The van der Waals surface area contributed by atoms with Crippen molar-refractivity contribution in [1.82, 2.24) is 10.3 Å². The van der Waals surface area contributed by atoms with Crippen molar-refractivity contribution in [2.75, 3.05) is 12.8 Å². The number of carbonyl (C=O) groups is 1. The number of nitrogens with one attached hydrogen (secondary N) is 1. The van der Waals surface area contributed by atoms with Gasteiger partial charge in [0.15, 0.2) is 0 Å². The summed E-state index contributed by atoms with van der Waals surface area (Å²) in [5, 5.41) is 3.00. The summed E-state index contributed by atoms with van der Waals surface area (Å²) in [7, 11) is 1.33. The number of anilines is 1. The molecule has 2 atom stereocenters. The molecule has 0 radical (unpaired) electrons. The van der Waals surface area contributed by atoms with Gasteiger partial charge < -0.3 is 10.5 Å². The molecule has 1 aromatic heterocycles. The number of halogens is 1. The lowest BCUT2D eigenvalue weighted by Gasteiger charge is -2.22. The number of esters is 1. The molecule has 106 valence electrons. The number of rotatable bonds is 6. The van der Waals surface area contributed by atoms with E-state index in [9.17, 15) is 9.18 Å². The van der Waals surface area contributed by atoms with Gasteiger partial charge in [-0.1, -0.05) is 20.3 Å². The molecule has 0 saturated heterocycles. The van der Waals surface area contributed by atoms with Crippen LogP contribution in [0.4, 0.5) is 10.1 Å². The molecule has 0 fully saturated rings. The third kappa shape index (κ3) is 3.89. The maximum Gasteiger partial charge on any atom is 0.323 e. The van der Waals surface area contributed by atoms with Gasteiger partial charge in [0.05, 0.1) is 25.2 Å². The van der Waals surface area contributed by atoms with Crippen molar-refractivity contribution >= 4 is 11.7 Å². The van der Waals surface area contributed by atoms with Crippen molar-refractivity contribution < 1.29 is 13.9 Å². The van der Waals surface area contributed by atoms with Gasteiger partial charge in [0.2, 0.25) is 0 Å². The summed E-state index contributed by atoms with van der Waals surface area (Å²) in [4.78, 5) is 15.3. The Bertz CT molecular complexity index is 420. The van der Waals surface area contributed by atoms with Crippen LogP contribution in [0.2, 0.25) is 0 Å². The number of nitrogens with two attached hydrogens (primary N) is 1. The second kappa shape index (κ2) is 7.04. The number of pyridine rings is 1. The Morgan fingerprint density at radius 3 is 2.79 bits per heavy atom. The molecule has 0 aliphatic rings. The minimum atomic E-state index is -0.486. The highest BCUT2D eigenvalue weighted by Crippen LogP contribution is 2.15. The molecule has 0 aliphatic heterocycles. The maximum absolute atomic E-state index is 13.6. The van der Waals surface area contributed by atoms with Crippen LogP contribution in [0.1, 0.15) is 25.8 Å². The monoisotopic (exact) mass is 269 g/mol. The van der Waals surface area contributed by atoms with E-state index in [4.69, 9.17) is 10.5 Å². The molecule has 0 aromatic carbocycles. The van der Waals surface area contributed by atoms with Crippen LogP contribution in [-0.2, 0) is 16.1 Å².